The lowest BCUT2D eigenvalue weighted by Gasteiger charge is -2.42. The van der Waals surface area contributed by atoms with Crippen LogP contribution in [0.4, 0.5) is 0 Å². The second kappa shape index (κ2) is 5.89. The summed E-state index contributed by atoms with van der Waals surface area (Å²) in [7, 11) is 0. The molecule has 0 heterocycles. The molecule has 0 aliphatic heterocycles. The smallest absolute Gasteiger partial charge is 0.0576 e. The summed E-state index contributed by atoms with van der Waals surface area (Å²) in [6.07, 6.45) is 4.34. The number of benzene rings is 1. The van der Waals surface area contributed by atoms with Crippen molar-refractivity contribution < 1.29 is 5.11 Å². The summed E-state index contributed by atoms with van der Waals surface area (Å²) in [6.45, 7) is 11.3. The van der Waals surface area contributed by atoms with Crippen molar-refractivity contribution in [3.63, 3.8) is 0 Å². The first kappa shape index (κ1) is 15.6. The first-order chi connectivity index (χ1) is 9.29. The van der Waals surface area contributed by atoms with Crippen LogP contribution < -0.4 is 0 Å². The highest BCUT2D eigenvalue weighted by atomic mass is 16.3. The lowest BCUT2D eigenvalue weighted by molar-refractivity contribution is -0.0126. The van der Waals surface area contributed by atoms with Gasteiger partial charge in [0.1, 0.15) is 0 Å². The minimum absolute atomic E-state index is 0.126. The summed E-state index contributed by atoms with van der Waals surface area (Å²) in [5, 5.41) is 10.5. The van der Waals surface area contributed by atoms with Gasteiger partial charge in [-0.25, -0.2) is 0 Å². The molecule has 1 aromatic carbocycles. The SMILES string of the molecule is Cc1ccc(C)c(CC(C)(C)C2CCC(C)CC2O)c1. The van der Waals surface area contributed by atoms with Gasteiger partial charge >= 0.3 is 0 Å². The third-order valence-electron chi connectivity index (χ3n) is 5.23. The van der Waals surface area contributed by atoms with Crippen molar-refractivity contribution in [1.82, 2.24) is 0 Å². The molecule has 20 heavy (non-hydrogen) atoms. The van der Waals surface area contributed by atoms with E-state index in [9.17, 15) is 5.11 Å². The van der Waals surface area contributed by atoms with E-state index in [1.807, 2.05) is 0 Å². The van der Waals surface area contributed by atoms with E-state index < -0.39 is 0 Å². The lowest BCUT2D eigenvalue weighted by Crippen LogP contribution is -2.39. The van der Waals surface area contributed by atoms with Crippen LogP contribution in [0.15, 0.2) is 18.2 Å². The molecule has 1 aliphatic rings. The standard InChI is InChI=1S/C19H30O/c1-13-6-8-15(3)16(10-13)12-19(4,5)17-9-7-14(2)11-18(17)20/h6,8,10,14,17-18,20H,7,9,11-12H2,1-5H3. The molecule has 0 saturated heterocycles. The van der Waals surface area contributed by atoms with Gasteiger partial charge in [-0.2, -0.15) is 0 Å². The van der Waals surface area contributed by atoms with E-state index in [4.69, 9.17) is 0 Å². The van der Waals surface area contributed by atoms with Crippen molar-refractivity contribution in [2.45, 2.75) is 66.4 Å². The second-order valence-electron chi connectivity index (χ2n) is 7.69. The molecule has 0 aromatic heterocycles. The fraction of sp³-hybridized carbons (Fsp3) is 0.684. The maximum absolute atomic E-state index is 10.5. The summed E-state index contributed by atoms with van der Waals surface area (Å²) in [5.41, 5.74) is 4.32. The van der Waals surface area contributed by atoms with Crippen molar-refractivity contribution in [2.24, 2.45) is 17.3 Å². The molecule has 3 unspecified atom stereocenters. The first-order valence-corrected chi connectivity index (χ1v) is 8.04. The maximum atomic E-state index is 10.5. The lowest BCUT2D eigenvalue weighted by atomic mass is 9.65. The van der Waals surface area contributed by atoms with Gasteiger partial charge in [-0.15, -0.1) is 0 Å². The van der Waals surface area contributed by atoms with Gasteiger partial charge in [-0.3, -0.25) is 0 Å². The molecule has 1 aliphatic carbocycles. The van der Waals surface area contributed by atoms with Gasteiger partial charge in [0, 0.05) is 0 Å². The van der Waals surface area contributed by atoms with Crippen molar-refractivity contribution in [2.75, 3.05) is 0 Å². The topological polar surface area (TPSA) is 20.2 Å². The van der Waals surface area contributed by atoms with Crippen LogP contribution >= 0.6 is 0 Å². The van der Waals surface area contributed by atoms with Crippen LogP contribution in [-0.4, -0.2) is 11.2 Å². The third-order valence-corrected chi connectivity index (χ3v) is 5.23. The Morgan fingerprint density at radius 3 is 2.55 bits per heavy atom. The highest BCUT2D eigenvalue weighted by molar-refractivity contribution is 5.31. The zero-order valence-electron chi connectivity index (χ0n) is 13.7. The minimum Gasteiger partial charge on any atom is -0.393 e. The number of hydrogen-bond acceptors (Lipinski definition) is 1. The van der Waals surface area contributed by atoms with Gasteiger partial charge in [0.05, 0.1) is 6.10 Å². The van der Waals surface area contributed by atoms with Gasteiger partial charge in [0.2, 0.25) is 0 Å². The number of aliphatic hydroxyl groups excluding tert-OH is 1. The Morgan fingerprint density at radius 1 is 1.20 bits per heavy atom. The van der Waals surface area contributed by atoms with Crippen LogP contribution in [0.3, 0.4) is 0 Å². The van der Waals surface area contributed by atoms with Gasteiger partial charge in [-0.1, -0.05) is 51.0 Å². The van der Waals surface area contributed by atoms with Crippen molar-refractivity contribution in [3.8, 4) is 0 Å². The quantitative estimate of drug-likeness (QED) is 0.849. The van der Waals surface area contributed by atoms with Crippen LogP contribution in [0.1, 0.15) is 56.7 Å². The molecule has 112 valence electrons. The molecule has 1 saturated carbocycles. The molecule has 0 radical (unpaired) electrons. The largest absolute Gasteiger partial charge is 0.393 e. The van der Waals surface area contributed by atoms with E-state index in [2.05, 4.69) is 52.8 Å². The van der Waals surface area contributed by atoms with Crippen LogP contribution in [-0.2, 0) is 6.42 Å². The van der Waals surface area contributed by atoms with Gasteiger partial charge in [0.15, 0.2) is 0 Å². The fourth-order valence-corrected chi connectivity index (χ4v) is 3.88. The first-order valence-electron chi connectivity index (χ1n) is 8.04. The number of hydrogen-bond donors (Lipinski definition) is 1. The highest BCUT2D eigenvalue weighted by Gasteiger charge is 2.38. The van der Waals surface area contributed by atoms with E-state index >= 15 is 0 Å². The Bertz CT molecular complexity index is 461. The molecule has 1 nitrogen and oxygen atoms in total. The molecule has 0 spiro atoms. The molecule has 2 rings (SSSR count). The molecule has 0 bridgehead atoms. The summed E-state index contributed by atoms with van der Waals surface area (Å²) in [6, 6.07) is 6.72. The zero-order chi connectivity index (χ0) is 14.9. The van der Waals surface area contributed by atoms with E-state index in [1.165, 1.54) is 29.5 Å². The summed E-state index contributed by atoms with van der Waals surface area (Å²) < 4.78 is 0. The van der Waals surface area contributed by atoms with Gasteiger partial charge in [-0.05, 0) is 61.5 Å². The Hall–Kier alpha value is -0.820. The Labute approximate surface area is 124 Å². The number of aryl methyl sites for hydroxylation is 2. The minimum atomic E-state index is -0.126. The average molecular weight is 274 g/mol. The van der Waals surface area contributed by atoms with Gasteiger partial charge in [0.25, 0.3) is 0 Å². The third kappa shape index (κ3) is 3.44. The Balaban J connectivity index is 2.16. The maximum Gasteiger partial charge on any atom is 0.0576 e. The Morgan fingerprint density at radius 2 is 1.90 bits per heavy atom. The van der Waals surface area contributed by atoms with Crippen LogP contribution in [0.25, 0.3) is 0 Å². The van der Waals surface area contributed by atoms with Crippen molar-refractivity contribution >= 4 is 0 Å². The van der Waals surface area contributed by atoms with E-state index in [0.29, 0.717) is 11.8 Å². The van der Waals surface area contributed by atoms with E-state index in [0.717, 1.165) is 12.8 Å². The predicted molar refractivity (Wildman–Crippen MR) is 85.9 cm³/mol. The molecule has 3 atom stereocenters. The predicted octanol–water partition coefficient (Wildman–Crippen LogP) is 4.67. The van der Waals surface area contributed by atoms with Gasteiger partial charge < -0.3 is 5.11 Å². The molecule has 0 amide bonds. The van der Waals surface area contributed by atoms with Crippen molar-refractivity contribution in [1.29, 1.82) is 0 Å². The Kier molecular flexibility index (Phi) is 4.59. The van der Waals surface area contributed by atoms with Crippen molar-refractivity contribution in [3.05, 3.63) is 34.9 Å². The molecular formula is C19H30O. The number of rotatable bonds is 3. The zero-order valence-corrected chi connectivity index (χ0v) is 13.7. The monoisotopic (exact) mass is 274 g/mol. The van der Waals surface area contributed by atoms with E-state index in [1.54, 1.807) is 0 Å². The van der Waals surface area contributed by atoms with Crippen LogP contribution in [0.5, 0.6) is 0 Å². The summed E-state index contributed by atoms with van der Waals surface area (Å²) in [5.74, 6) is 1.11. The molecule has 1 aromatic rings. The second-order valence-corrected chi connectivity index (χ2v) is 7.69. The van der Waals surface area contributed by atoms with Crippen LogP contribution in [0.2, 0.25) is 0 Å². The summed E-state index contributed by atoms with van der Waals surface area (Å²) in [4.78, 5) is 0. The molecule has 1 heteroatoms. The van der Waals surface area contributed by atoms with Crippen LogP contribution in [0, 0.1) is 31.1 Å². The van der Waals surface area contributed by atoms with E-state index in [-0.39, 0.29) is 11.5 Å². The average Bonchev–Trinajstić information content (AvgIpc) is 2.33. The fourth-order valence-electron chi connectivity index (χ4n) is 3.88. The summed E-state index contributed by atoms with van der Waals surface area (Å²) >= 11 is 0. The molecule has 1 fully saturated rings. The number of aliphatic hydroxyl groups is 1. The molecule has 1 N–H and O–H groups in total. The molecular weight excluding hydrogens is 244 g/mol. The normalized spacial score (nSPS) is 27.6. The highest BCUT2D eigenvalue weighted by Crippen LogP contribution is 2.42.